The number of unbranched alkanes of at least 4 members (excludes halogenated alkanes) is 1. The van der Waals surface area contributed by atoms with Crippen molar-refractivity contribution < 1.29 is 4.79 Å². The van der Waals surface area contributed by atoms with Gasteiger partial charge < -0.3 is 10.2 Å². The number of amides is 1. The standard InChI is InChI=1S/C20H27N7OS2/c1-5-7-11-27(14(3)6-2)16-8-9-17(18(13-16)22-15(4)28)23-24-19-25-26-20(30-19)29-12-10-21/h8-9,13-14H,5-7,11-12H2,1-4H3,(H,22,28). The van der Waals surface area contributed by atoms with E-state index in [1.807, 2.05) is 18.2 Å². The van der Waals surface area contributed by atoms with Crippen LogP contribution in [0.15, 0.2) is 32.8 Å². The smallest absolute Gasteiger partial charge is 0.252 e. The number of hydrogen-bond acceptors (Lipinski definition) is 9. The first-order valence-corrected chi connectivity index (χ1v) is 11.7. The number of rotatable bonds is 11. The number of nitrogens with one attached hydrogen (secondary N) is 1. The van der Waals surface area contributed by atoms with Crippen molar-refractivity contribution in [1.29, 1.82) is 5.26 Å². The average molecular weight is 446 g/mol. The van der Waals surface area contributed by atoms with Gasteiger partial charge in [0, 0.05) is 25.2 Å². The summed E-state index contributed by atoms with van der Waals surface area (Å²) in [6, 6.07) is 8.26. The number of benzene rings is 1. The molecule has 0 aliphatic rings. The summed E-state index contributed by atoms with van der Waals surface area (Å²) >= 11 is 2.58. The molecule has 10 heteroatoms. The lowest BCUT2D eigenvalue weighted by Crippen LogP contribution is -2.33. The van der Waals surface area contributed by atoms with Crippen molar-refractivity contribution in [2.75, 3.05) is 22.5 Å². The molecule has 1 atom stereocenters. The minimum absolute atomic E-state index is 0.168. The third kappa shape index (κ3) is 7.07. The Morgan fingerprint density at radius 1 is 1.37 bits per heavy atom. The first kappa shape index (κ1) is 23.8. The quantitative estimate of drug-likeness (QED) is 0.339. The molecule has 0 aliphatic carbocycles. The molecular formula is C20H27N7OS2. The van der Waals surface area contributed by atoms with E-state index < -0.39 is 0 Å². The molecule has 0 radical (unpaired) electrons. The molecule has 1 unspecified atom stereocenters. The van der Waals surface area contributed by atoms with Crippen molar-refractivity contribution >= 4 is 51.2 Å². The summed E-state index contributed by atoms with van der Waals surface area (Å²) < 4.78 is 0.669. The minimum Gasteiger partial charge on any atom is -0.369 e. The fourth-order valence-electron chi connectivity index (χ4n) is 2.72. The Morgan fingerprint density at radius 3 is 2.83 bits per heavy atom. The number of thioether (sulfide) groups is 1. The highest BCUT2D eigenvalue weighted by Gasteiger charge is 2.15. The average Bonchev–Trinajstić information content (AvgIpc) is 3.19. The van der Waals surface area contributed by atoms with Gasteiger partial charge in [0.05, 0.1) is 17.5 Å². The summed E-state index contributed by atoms with van der Waals surface area (Å²) in [6.07, 6.45) is 3.25. The summed E-state index contributed by atoms with van der Waals surface area (Å²) in [4.78, 5) is 14.1. The molecule has 160 valence electrons. The zero-order valence-electron chi connectivity index (χ0n) is 17.8. The van der Waals surface area contributed by atoms with E-state index in [9.17, 15) is 4.79 Å². The van der Waals surface area contributed by atoms with E-state index in [0.717, 1.165) is 31.5 Å². The first-order chi connectivity index (χ1) is 14.5. The molecule has 0 spiro atoms. The van der Waals surface area contributed by atoms with Gasteiger partial charge in [-0.05, 0) is 38.0 Å². The van der Waals surface area contributed by atoms with Crippen LogP contribution in [0.1, 0.15) is 47.0 Å². The van der Waals surface area contributed by atoms with Crippen LogP contribution in [0.25, 0.3) is 0 Å². The van der Waals surface area contributed by atoms with Gasteiger partial charge in [-0.1, -0.05) is 43.4 Å². The van der Waals surface area contributed by atoms with Crippen molar-refractivity contribution in [3.8, 4) is 6.07 Å². The van der Waals surface area contributed by atoms with Crippen LogP contribution in [0.4, 0.5) is 22.2 Å². The fraction of sp³-hybridized carbons (Fsp3) is 0.500. The van der Waals surface area contributed by atoms with Crippen LogP contribution in [-0.4, -0.2) is 34.4 Å². The second-order valence-corrected chi connectivity index (χ2v) is 8.86. The van der Waals surface area contributed by atoms with Crippen LogP contribution < -0.4 is 10.2 Å². The van der Waals surface area contributed by atoms with Crippen molar-refractivity contribution in [1.82, 2.24) is 10.2 Å². The molecular weight excluding hydrogens is 418 g/mol. The van der Waals surface area contributed by atoms with Crippen LogP contribution in [0, 0.1) is 11.3 Å². The summed E-state index contributed by atoms with van der Waals surface area (Å²) in [5, 5.41) is 28.3. The van der Waals surface area contributed by atoms with E-state index in [1.54, 1.807) is 0 Å². The summed E-state index contributed by atoms with van der Waals surface area (Å²) in [6.45, 7) is 8.99. The maximum absolute atomic E-state index is 11.7. The molecule has 1 amide bonds. The number of nitriles is 1. The molecule has 0 fully saturated rings. The largest absolute Gasteiger partial charge is 0.369 e. The van der Waals surface area contributed by atoms with Crippen LogP contribution in [0.2, 0.25) is 0 Å². The van der Waals surface area contributed by atoms with E-state index in [4.69, 9.17) is 5.26 Å². The molecule has 2 aromatic rings. The van der Waals surface area contributed by atoms with E-state index >= 15 is 0 Å². The number of carbonyl (C=O) groups excluding carboxylic acids is 1. The van der Waals surface area contributed by atoms with Gasteiger partial charge in [0.1, 0.15) is 5.69 Å². The topological polar surface area (TPSA) is 107 Å². The van der Waals surface area contributed by atoms with Gasteiger partial charge in [0.2, 0.25) is 5.91 Å². The summed E-state index contributed by atoms with van der Waals surface area (Å²) in [5.41, 5.74) is 2.21. The lowest BCUT2D eigenvalue weighted by molar-refractivity contribution is -0.114. The molecule has 1 aromatic heterocycles. The first-order valence-electron chi connectivity index (χ1n) is 9.91. The fourth-order valence-corrected chi connectivity index (χ4v) is 4.05. The molecule has 0 saturated carbocycles. The van der Waals surface area contributed by atoms with E-state index in [2.05, 4.69) is 57.5 Å². The third-order valence-electron chi connectivity index (χ3n) is 4.40. The van der Waals surface area contributed by atoms with Gasteiger partial charge in [0.15, 0.2) is 4.34 Å². The normalized spacial score (nSPS) is 12.0. The van der Waals surface area contributed by atoms with Gasteiger partial charge >= 0.3 is 0 Å². The Labute approximate surface area is 185 Å². The van der Waals surface area contributed by atoms with E-state index in [-0.39, 0.29) is 5.91 Å². The number of aromatic nitrogens is 2. The molecule has 2 rings (SSSR count). The van der Waals surface area contributed by atoms with Crippen molar-refractivity contribution in [2.45, 2.75) is 57.3 Å². The highest BCUT2D eigenvalue weighted by atomic mass is 32.2. The van der Waals surface area contributed by atoms with Crippen LogP contribution in [-0.2, 0) is 4.79 Å². The van der Waals surface area contributed by atoms with E-state index in [0.29, 0.717) is 32.6 Å². The number of hydrogen-bond donors (Lipinski definition) is 1. The molecule has 0 saturated heterocycles. The molecule has 0 aliphatic heterocycles. The van der Waals surface area contributed by atoms with Gasteiger partial charge in [-0.15, -0.1) is 20.4 Å². The lowest BCUT2D eigenvalue weighted by Gasteiger charge is -2.31. The van der Waals surface area contributed by atoms with E-state index in [1.165, 1.54) is 30.0 Å². The highest BCUT2D eigenvalue weighted by Crippen LogP contribution is 2.34. The molecule has 1 heterocycles. The lowest BCUT2D eigenvalue weighted by atomic mass is 10.1. The summed E-state index contributed by atoms with van der Waals surface area (Å²) in [7, 11) is 0. The molecule has 1 N–H and O–H groups in total. The molecule has 30 heavy (non-hydrogen) atoms. The van der Waals surface area contributed by atoms with Gasteiger partial charge in [-0.3, -0.25) is 4.79 Å². The third-order valence-corrected chi connectivity index (χ3v) is 6.20. The Morgan fingerprint density at radius 2 is 2.17 bits per heavy atom. The predicted molar refractivity (Wildman–Crippen MR) is 123 cm³/mol. The number of nitrogens with zero attached hydrogens (tertiary/aromatic N) is 6. The maximum Gasteiger partial charge on any atom is 0.252 e. The molecule has 8 nitrogen and oxygen atoms in total. The second-order valence-electron chi connectivity index (χ2n) is 6.68. The van der Waals surface area contributed by atoms with Gasteiger partial charge in [0.25, 0.3) is 5.13 Å². The molecule has 1 aromatic carbocycles. The Kier molecular flexibility index (Phi) is 9.70. The zero-order chi connectivity index (χ0) is 21.9. The van der Waals surface area contributed by atoms with Crippen molar-refractivity contribution in [3.63, 3.8) is 0 Å². The maximum atomic E-state index is 11.7. The van der Waals surface area contributed by atoms with Crippen LogP contribution in [0.5, 0.6) is 0 Å². The van der Waals surface area contributed by atoms with Crippen molar-refractivity contribution in [3.05, 3.63) is 18.2 Å². The van der Waals surface area contributed by atoms with Crippen molar-refractivity contribution in [2.24, 2.45) is 10.2 Å². The Hall–Kier alpha value is -2.51. The van der Waals surface area contributed by atoms with Crippen LogP contribution >= 0.6 is 23.1 Å². The zero-order valence-corrected chi connectivity index (χ0v) is 19.4. The Balaban J connectivity index is 2.29. The minimum atomic E-state index is -0.168. The highest BCUT2D eigenvalue weighted by molar-refractivity contribution is 8.01. The van der Waals surface area contributed by atoms with Crippen LogP contribution in [0.3, 0.4) is 0 Å². The molecule has 0 bridgehead atoms. The van der Waals surface area contributed by atoms with Gasteiger partial charge in [-0.2, -0.15) is 5.26 Å². The SMILES string of the molecule is CCCCN(c1ccc(N=Nc2nnc(SCC#N)s2)c(NC(C)=O)c1)C(C)CC. The van der Waals surface area contributed by atoms with Gasteiger partial charge in [-0.25, -0.2) is 0 Å². The number of carbonyl (C=O) groups is 1. The monoisotopic (exact) mass is 445 g/mol. The summed E-state index contributed by atoms with van der Waals surface area (Å²) in [5.74, 6) is 0.142. The Bertz CT molecular complexity index is 907. The number of anilines is 2. The number of azo groups is 1. The second kappa shape index (κ2) is 12.2. The predicted octanol–water partition coefficient (Wildman–Crippen LogP) is 5.93.